The van der Waals surface area contributed by atoms with Crippen LogP contribution < -0.4 is 11.2 Å². The van der Waals surface area contributed by atoms with Gasteiger partial charge in [0.1, 0.15) is 11.4 Å². The van der Waals surface area contributed by atoms with Crippen LogP contribution >= 0.6 is 11.3 Å². The molecule has 6 nitrogen and oxygen atoms in total. The van der Waals surface area contributed by atoms with Gasteiger partial charge >= 0.3 is 5.69 Å². The molecule has 7 heteroatoms. The number of nitrogens with zero attached hydrogens (tertiary/aromatic N) is 2. The van der Waals surface area contributed by atoms with Gasteiger partial charge in [0.15, 0.2) is 0 Å². The number of hydrogen-bond acceptors (Lipinski definition) is 5. The van der Waals surface area contributed by atoms with Gasteiger partial charge in [-0.05, 0) is 41.8 Å². The van der Waals surface area contributed by atoms with E-state index in [1.54, 1.807) is 11.3 Å². The lowest BCUT2D eigenvalue weighted by molar-refractivity contribution is 0.979. The Balaban J connectivity index is 1.87. The van der Waals surface area contributed by atoms with Gasteiger partial charge in [-0.15, -0.1) is 21.5 Å². The van der Waals surface area contributed by atoms with Crippen molar-refractivity contribution in [2.24, 2.45) is 0 Å². The first kappa shape index (κ1) is 13.1. The molecule has 110 valence electrons. The second-order valence-electron chi connectivity index (χ2n) is 5.27. The van der Waals surface area contributed by atoms with E-state index >= 15 is 0 Å². The molecule has 0 saturated heterocycles. The molecule has 0 radical (unpaired) electrons. The van der Waals surface area contributed by atoms with E-state index < -0.39 is 11.2 Å². The predicted octanol–water partition coefficient (Wildman–Crippen LogP) is 2.13. The summed E-state index contributed by atoms with van der Waals surface area (Å²) in [4.78, 5) is 28.8. The Kier molecular flexibility index (Phi) is 3.00. The summed E-state index contributed by atoms with van der Waals surface area (Å²) in [5.41, 5.74) is 1.84. The molecule has 0 bridgehead atoms. The molecule has 4 rings (SSSR count). The summed E-state index contributed by atoms with van der Waals surface area (Å²) in [6.07, 6.45) is 3.64. The van der Waals surface area contributed by atoms with E-state index in [0.717, 1.165) is 29.0 Å². The Morgan fingerprint density at radius 2 is 2.09 bits per heavy atom. The van der Waals surface area contributed by atoms with Crippen LogP contribution in [0.3, 0.4) is 0 Å². The summed E-state index contributed by atoms with van der Waals surface area (Å²) in [5.74, 6) is 0.480. The van der Waals surface area contributed by atoms with Gasteiger partial charge in [0.25, 0.3) is 5.56 Å². The van der Waals surface area contributed by atoms with Crippen LogP contribution in [0.4, 0.5) is 0 Å². The van der Waals surface area contributed by atoms with E-state index in [1.165, 1.54) is 6.20 Å². The lowest BCUT2D eigenvalue weighted by Crippen LogP contribution is -2.23. The molecular formula is C15H12N4O2S. The number of H-pyrrole nitrogens is 2. The maximum absolute atomic E-state index is 11.9. The summed E-state index contributed by atoms with van der Waals surface area (Å²) in [6.45, 7) is 0. The van der Waals surface area contributed by atoms with Crippen molar-refractivity contribution in [3.8, 4) is 21.8 Å². The largest absolute Gasteiger partial charge is 0.325 e. The van der Waals surface area contributed by atoms with Crippen molar-refractivity contribution in [3.63, 3.8) is 0 Å². The summed E-state index contributed by atoms with van der Waals surface area (Å²) in [7, 11) is 0. The number of rotatable bonds is 3. The van der Waals surface area contributed by atoms with Crippen molar-refractivity contribution in [2.45, 2.75) is 18.8 Å². The van der Waals surface area contributed by atoms with Crippen LogP contribution in [0.1, 0.15) is 24.3 Å². The topological polar surface area (TPSA) is 91.5 Å². The minimum Gasteiger partial charge on any atom is -0.313 e. The second kappa shape index (κ2) is 5.03. The molecule has 0 aromatic carbocycles. The number of aromatic amines is 2. The fourth-order valence-electron chi connectivity index (χ4n) is 2.45. The van der Waals surface area contributed by atoms with Gasteiger partial charge in [-0.25, -0.2) is 4.79 Å². The Morgan fingerprint density at radius 1 is 1.23 bits per heavy atom. The van der Waals surface area contributed by atoms with E-state index in [9.17, 15) is 9.59 Å². The standard InChI is InChI=1S/C15H12N4O2S/c20-14-10(7-16-15(21)17-14)11-6-9(8-3-4-8)13(19-18-11)12-2-1-5-22-12/h1-2,5-8H,3-4H2,(H2,16,17,20,21). The van der Waals surface area contributed by atoms with E-state index in [4.69, 9.17) is 0 Å². The fourth-order valence-corrected chi connectivity index (χ4v) is 3.18. The monoisotopic (exact) mass is 312 g/mol. The van der Waals surface area contributed by atoms with Gasteiger partial charge < -0.3 is 4.98 Å². The van der Waals surface area contributed by atoms with Crippen LogP contribution in [0.15, 0.2) is 39.4 Å². The van der Waals surface area contributed by atoms with Gasteiger partial charge in [-0.3, -0.25) is 9.78 Å². The molecule has 2 N–H and O–H groups in total. The lowest BCUT2D eigenvalue weighted by Gasteiger charge is -2.07. The molecule has 0 spiro atoms. The Bertz CT molecular complexity index is 939. The van der Waals surface area contributed by atoms with Gasteiger partial charge in [-0.1, -0.05) is 6.07 Å². The highest BCUT2D eigenvalue weighted by atomic mass is 32.1. The summed E-state index contributed by atoms with van der Waals surface area (Å²) >= 11 is 1.62. The van der Waals surface area contributed by atoms with Gasteiger partial charge in [0.2, 0.25) is 0 Å². The average molecular weight is 312 g/mol. The first-order valence-electron chi connectivity index (χ1n) is 6.96. The average Bonchev–Trinajstić information content (AvgIpc) is 3.22. The normalized spacial score (nSPS) is 14.2. The SMILES string of the molecule is O=c1[nH]cc(-c2cc(C3CC3)c(-c3cccs3)nn2)c(=O)[nH]1. The first-order valence-corrected chi connectivity index (χ1v) is 7.84. The molecule has 0 unspecified atom stereocenters. The minimum atomic E-state index is -0.528. The van der Waals surface area contributed by atoms with Gasteiger partial charge in [0.05, 0.1) is 10.4 Å². The van der Waals surface area contributed by atoms with Gasteiger partial charge in [-0.2, -0.15) is 0 Å². The molecule has 1 aliphatic carbocycles. The van der Waals surface area contributed by atoms with Crippen LogP contribution in [-0.2, 0) is 0 Å². The van der Waals surface area contributed by atoms with Crippen molar-refractivity contribution in [2.75, 3.05) is 0 Å². The molecule has 0 aliphatic heterocycles. The molecule has 0 atom stereocenters. The summed E-state index contributed by atoms with van der Waals surface area (Å²) < 4.78 is 0. The third-order valence-electron chi connectivity index (χ3n) is 3.69. The molecule has 1 saturated carbocycles. The number of nitrogens with one attached hydrogen (secondary N) is 2. The third kappa shape index (κ3) is 2.29. The maximum Gasteiger partial charge on any atom is 0.325 e. The summed E-state index contributed by atoms with van der Waals surface area (Å²) in [6, 6.07) is 5.93. The minimum absolute atomic E-state index is 0.326. The lowest BCUT2D eigenvalue weighted by atomic mass is 10.1. The molecule has 3 aromatic rings. The zero-order chi connectivity index (χ0) is 15.1. The van der Waals surface area contributed by atoms with Crippen molar-refractivity contribution < 1.29 is 0 Å². The highest BCUT2D eigenvalue weighted by Crippen LogP contribution is 2.44. The van der Waals surface area contributed by atoms with Crippen LogP contribution in [0.5, 0.6) is 0 Å². The smallest absolute Gasteiger partial charge is 0.313 e. The molecule has 3 heterocycles. The zero-order valence-electron chi connectivity index (χ0n) is 11.5. The highest BCUT2D eigenvalue weighted by molar-refractivity contribution is 7.13. The second-order valence-corrected chi connectivity index (χ2v) is 6.22. The number of thiophene rings is 1. The van der Waals surface area contributed by atoms with Crippen LogP contribution in [-0.4, -0.2) is 20.2 Å². The predicted molar refractivity (Wildman–Crippen MR) is 84.0 cm³/mol. The molecule has 3 aromatic heterocycles. The van der Waals surface area contributed by atoms with Crippen LogP contribution in [0, 0.1) is 0 Å². The van der Waals surface area contributed by atoms with E-state index in [0.29, 0.717) is 17.2 Å². The Hall–Kier alpha value is -2.54. The van der Waals surface area contributed by atoms with E-state index in [-0.39, 0.29) is 0 Å². The first-order chi connectivity index (χ1) is 10.7. The third-order valence-corrected chi connectivity index (χ3v) is 4.57. The molecule has 1 aliphatic rings. The van der Waals surface area contributed by atoms with E-state index in [1.807, 2.05) is 23.6 Å². The molecular weight excluding hydrogens is 300 g/mol. The van der Waals surface area contributed by atoms with Crippen molar-refractivity contribution in [3.05, 3.63) is 56.2 Å². The molecule has 22 heavy (non-hydrogen) atoms. The quantitative estimate of drug-likeness (QED) is 0.775. The Morgan fingerprint density at radius 3 is 2.77 bits per heavy atom. The van der Waals surface area contributed by atoms with Crippen molar-refractivity contribution in [1.82, 2.24) is 20.2 Å². The number of aromatic nitrogens is 4. The molecule has 0 amide bonds. The van der Waals surface area contributed by atoms with Crippen molar-refractivity contribution >= 4 is 11.3 Å². The zero-order valence-corrected chi connectivity index (χ0v) is 12.3. The maximum atomic E-state index is 11.9. The fraction of sp³-hybridized carbons (Fsp3) is 0.200. The van der Waals surface area contributed by atoms with Crippen molar-refractivity contribution in [1.29, 1.82) is 0 Å². The van der Waals surface area contributed by atoms with E-state index in [2.05, 4.69) is 20.2 Å². The number of hydrogen-bond donors (Lipinski definition) is 2. The van der Waals surface area contributed by atoms with Gasteiger partial charge in [0, 0.05) is 6.20 Å². The molecule has 1 fully saturated rings. The summed E-state index contributed by atoms with van der Waals surface area (Å²) in [5, 5.41) is 10.5. The van der Waals surface area contributed by atoms with Crippen LogP contribution in [0.2, 0.25) is 0 Å². The highest BCUT2D eigenvalue weighted by Gasteiger charge is 2.28. The Labute approximate surface area is 128 Å². The van der Waals surface area contributed by atoms with Crippen LogP contribution in [0.25, 0.3) is 21.8 Å².